The van der Waals surface area contributed by atoms with Gasteiger partial charge in [-0.2, -0.15) is 0 Å². The maximum Gasteiger partial charge on any atom is 0.410 e. The van der Waals surface area contributed by atoms with Crippen molar-refractivity contribution >= 4 is 6.09 Å². The minimum Gasteiger partial charge on any atom is -0.445 e. The van der Waals surface area contributed by atoms with Crippen LogP contribution in [0.25, 0.3) is 0 Å². The fourth-order valence-electron chi connectivity index (χ4n) is 4.93. The number of aliphatic hydroxyl groups is 1. The van der Waals surface area contributed by atoms with Crippen molar-refractivity contribution in [1.82, 2.24) is 4.90 Å². The standard InChI is InChI=1S/C28H31NO3/c1-22-18-28(31,19-24-13-7-3-8-14-24)20-26(17-23-11-5-2-6-12-23)29(22)27(30)32-21-25-15-9-4-10-16-25/h2-16,22,26,31H,17-21H2,1H3. The van der Waals surface area contributed by atoms with Crippen molar-refractivity contribution in [2.24, 2.45) is 0 Å². The molecule has 0 aliphatic carbocycles. The summed E-state index contributed by atoms with van der Waals surface area (Å²) >= 11 is 0. The van der Waals surface area contributed by atoms with Gasteiger partial charge in [0, 0.05) is 18.5 Å². The smallest absolute Gasteiger partial charge is 0.410 e. The molecule has 0 bridgehead atoms. The number of ether oxygens (including phenoxy) is 1. The first kappa shape index (κ1) is 22.1. The molecule has 4 heteroatoms. The molecule has 3 unspecified atom stereocenters. The minimum absolute atomic E-state index is 0.130. The zero-order valence-electron chi connectivity index (χ0n) is 18.6. The van der Waals surface area contributed by atoms with Gasteiger partial charge in [0.25, 0.3) is 0 Å². The van der Waals surface area contributed by atoms with Gasteiger partial charge >= 0.3 is 6.09 Å². The predicted octanol–water partition coefficient (Wildman–Crippen LogP) is 5.39. The molecule has 1 saturated heterocycles. The lowest BCUT2D eigenvalue weighted by atomic mass is 9.77. The first-order valence-electron chi connectivity index (χ1n) is 11.3. The van der Waals surface area contributed by atoms with Gasteiger partial charge in [-0.3, -0.25) is 0 Å². The number of likely N-dealkylation sites (tertiary alicyclic amines) is 1. The van der Waals surface area contributed by atoms with Crippen LogP contribution in [0, 0.1) is 0 Å². The molecule has 1 aliphatic rings. The SMILES string of the molecule is CC1CC(O)(Cc2ccccc2)CC(Cc2ccccc2)N1C(=O)OCc1ccccc1. The molecule has 0 spiro atoms. The Morgan fingerprint density at radius 1 is 0.875 bits per heavy atom. The number of nitrogens with zero attached hydrogens (tertiary/aromatic N) is 1. The zero-order valence-corrected chi connectivity index (χ0v) is 18.6. The van der Waals surface area contributed by atoms with Crippen LogP contribution in [0.15, 0.2) is 91.0 Å². The van der Waals surface area contributed by atoms with E-state index in [0.29, 0.717) is 25.7 Å². The summed E-state index contributed by atoms with van der Waals surface area (Å²) in [7, 11) is 0. The van der Waals surface area contributed by atoms with Crippen LogP contribution < -0.4 is 0 Å². The molecule has 3 aromatic carbocycles. The number of piperidine rings is 1. The average molecular weight is 430 g/mol. The number of amides is 1. The second-order valence-corrected chi connectivity index (χ2v) is 8.93. The Kier molecular flexibility index (Phi) is 6.91. The van der Waals surface area contributed by atoms with Gasteiger partial charge in [-0.1, -0.05) is 91.0 Å². The summed E-state index contributed by atoms with van der Waals surface area (Å²) in [5.74, 6) is 0. The third-order valence-corrected chi connectivity index (χ3v) is 6.27. The topological polar surface area (TPSA) is 49.8 Å². The highest BCUT2D eigenvalue weighted by molar-refractivity contribution is 5.69. The Morgan fingerprint density at radius 2 is 1.41 bits per heavy atom. The number of carbonyl (C=O) groups excluding carboxylic acids is 1. The largest absolute Gasteiger partial charge is 0.445 e. The van der Waals surface area contributed by atoms with Gasteiger partial charge in [-0.05, 0) is 42.9 Å². The zero-order chi connectivity index (χ0) is 22.4. The predicted molar refractivity (Wildman–Crippen MR) is 126 cm³/mol. The molecule has 4 nitrogen and oxygen atoms in total. The first-order chi connectivity index (χ1) is 15.5. The van der Waals surface area contributed by atoms with Gasteiger partial charge < -0.3 is 14.7 Å². The number of hydrogen-bond acceptors (Lipinski definition) is 3. The van der Waals surface area contributed by atoms with Crippen LogP contribution in [0.4, 0.5) is 4.79 Å². The Labute approximate surface area is 190 Å². The van der Waals surface area contributed by atoms with E-state index in [1.54, 1.807) is 0 Å². The monoisotopic (exact) mass is 429 g/mol. The van der Waals surface area contributed by atoms with Crippen molar-refractivity contribution in [2.75, 3.05) is 0 Å². The van der Waals surface area contributed by atoms with E-state index < -0.39 is 5.60 Å². The van der Waals surface area contributed by atoms with Crippen LogP contribution in [0.1, 0.15) is 36.5 Å². The first-order valence-corrected chi connectivity index (χ1v) is 11.3. The Balaban J connectivity index is 1.53. The van der Waals surface area contributed by atoms with Gasteiger partial charge in [0.05, 0.1) is 5.60 Å². The van der Waals surface area contributed by atoms with Crippen LogP contribution in [-0.2, 0) is 24.2 Å². The van der Waals surface area contributed by atoms with Crippen LogP contribution in [-0.4, -0.2) is 33.8 Å². The number of benzene rings is 3. The molecule has 1 aliphatic heterocycles. The second-order valence-electron chi connectivity index (χ2n) is 8.93. The normalized spacial score (nSPS) is 23.0. The van der Waals surface area contributed by atoms with Crippen molar-refractivity contribution in [1.29, 1.82) is 0 Å². The number of carbonyl (C=O) groups is 1. The van der Waals surface area contributed by atoms with Crippen molar-refractivity contribution in [3.63, 3.8) is 0 Å². The summed E-state index contributed by atoms with van der Waals surface area (Å²) in [6, 6.07) is 29.7. The molecular weight excluding hydrogens is 398 g/mol. The average Bonchev–Trinajstić information content (AvgIpc) is 2.79. The molecule has 0 radical (unpaired) electrons. The van der Waals surface area contributed by atoms with E-state index in [2.05, 4.69) is 24.3 Å². The van der Waals surface area contributed by atoms with E-state index in [1.807, 2.05) is 78.6 Å². The maximum atomic E-state index is 13.2. The lowest BCUT2D eigenvalue weighted by Gasteiger charge is -2.47. The molecule has 1 fully saturated rings. The van der Waals surface area contributed by atoms with Crippen molar-refractivity contribution in [3.8, 4) is 0 Å². The molecule has 1 heterocycles. The summed E-state index contributed by atoms with van der Waals surface area (Å²) in [5, 5.41) is 11.6. The maximum absolute atomic E-state index is 13.2. The van der Waals surface area contributed by atoms with Gasteiger partial charge in [0.2, 0.25) is 0 Å². The lowest BCUT2D eigenvalue weighted by Crippen LogP contribution is -2.58. The van der Waals surface area contributed by atoms with E-state index in [9.17, 15) is 9.90 Å². The van der Waals surface area contributed by atoms with Crippen molar-refractivity contribution < 1.29 is 14.6 Å². The molecule has 0 saturated carbocycles. The van der Waals surface area contributed by atoms with E-state index in [4.69, 9.17) is 4.74 Å². The Hall–Kier alpha value is -3.11. The molecule has 32 heavy (non-hydrogen) atoms. The molecule has 166 valence electrons. The van der Waals surface area contributed by atoms with E-state index in [0.717, 1.165) is 16.7 Å². The van der Waals surface area contributed by atoms with E-state index in [1.165, 1.54) is 0 Å². The molecule has 3 atom stereocenters. The van der Waals surface area contributed by atoms with Crippen LogP contribution in [0.5, 0.6) is 0 Å². The fourth-order valence-corrected chi connectivity index (χ4v) is 4.93. The molecule has 4 rings (SSSR count). The second kappa shape index (κ2) is 10.0. The number of rotatable bonds is 6. The van der Waals surface area contributed by atoms with Crippen LogP contribution >= 0.6 is 0 Å². The molecule has 3 aromatic rings. The third kappa shape index (κ3) is 5.57. The molecule has 0 aromatic heterocycles. The summed E-state index contributed by atoms with van der Waals surface area (Å²) in [6.45, 7) is 2.26. The quantitative estimate of drug-likeness (QED) is 0.571. The summed E-state index contributed by atoms with van der Waals surface area (Å²) in [6.07, 6.45) is 1.98. The third-order valence-electron chi connectivity index (χ3n) is 6.27. The van der Waals surface area contributed by atoms with Crippen molar-refractivity contribution in [3.05, 3.63) is 108 Å². The van der Waals surface area contributed by atoms with E-state index in [-0.39, 0.29) is 24.8 Å². The van der Waals surface area contributed by atoms with Gasteiger partial charge in [-0.25, -0.2) is 4.79 Å². The summed E-state index contributed by atoms with van der Waals surface area (Å²) in [5.41, 5.74) is 2.36. The number of hydrogen-bond donors (Lipinski definition) is 1. The Morgan fingerprint density at radius 3 is 2.00 bits per heavy atom. The Bertz CT molecular complexity index is 993. The molecule has 1 amide bonds. The van der Waals surface area contributed by atoms with Gasteiger partial charge in [0.1, 0.15) is 6.61 Å². The molecule has 1 N–H and O–H groups in total. The van der Waals surface area contributed by atoms with Crippen LogP contribution in [0.3, 0.4) is 0 Å². The summed E-state index contributed by atoms with van der Waals surface area (Å²) in [4.78, 5) is 15.0. The minimum atomic E-state index is -0.865. The highest BCUT2D eigenvalue weighted by atomic mass is 16.6. The van der Waals surface area contributed by atoms with E-state index >= 15 is 0 Å². The van der Waals surface area contributed by atoms with Crippen molar-refractivity contribution in [2.45, 2.75) is 56.9 Å². The fraction of sp³-hybridized carbons (Fsp3) is 0.321. The highest BCUT2D eigenvalue weighted by Crippen LogP contribution is 2.36. The van der Waals surface area contributed by atoms with Crippen LogP contribution in [0.2, 0.25) is 0 Å². The van der Waals surface area contributed by atoms with Gasteiger partial charge in [-0.15, -0.1) is 0 Å². The van der Waals surface area contributed by atoms with Gasteiger partial charge in [0.15, 0.2) is 0 Å². The summed E-state index contributed by atoms with van der Waals surface area (Å²) < 4.78 is 5.70. The molecular formula is C28H31NO3. The lowest BCUT2D eigenvalue weighted by molar-refractivity contribution is -0.0652. The highest BCUT2D eigenvalue weighted by Gasteiger charge is 2.44.